The highest BCUT2D eigenvalue weighted by Crippen LogP contribution is 2.15. The number of carbonyl (C=O) groups is 1. The van der Waals surface area contributed by atoms with Crippen molar-refractivity contribution >= 4 is 11.7 Å². The zero-order valence-electron chi connectivity index (χ0n) is 15.8. The lowest BCUT2D eigenvalue weighted by Crippen LogP contribution is -2.38. The van der Waals surface area contributed by atoms with Gasteiger partial charge in [-0.1, -0.05) is 0 Å². The van der Waals surface area contributed by atoms with Gasteiger partial charge in [0.25, 0.3) is 5.78 Å². The number of likely N-dealkylation sites (N-methyl/N-ethyl adjacent to an activating group) is 1. The normalized spacial score (nSPS) is 11.4. The first kappa shape index (κ1) is 19.3. The van der Waals surface area contributed by atoms with Crippen molar-refractivity contribution < 1.29 is 9.53 Å². The molecule has 138 valence electrons. The third-order valence-electron chi connectivity index (χ3n) is 4.31. The molecule has 2 aromatic heterocycles. The highest BCUT2D eigenvalue weighted by atomic mass is 16.5. The molecular formula is C17H28N6O2. The molecule has 0 aliphatic carbocycles. The molecule has 0 saturated carbocycles. The highest BCUT2D eigenvalue weighted by Gasteiger charge is 2.16. The van der Waals surface area contributed by atoms with Crippen LogP contribution in [0.25, 0.3) is 5.78 Å². The third kappa shape index (κ3) is 4.96. The van der Waals surface area contributed by atoms with Gasteiger partial charge in [-0.05, 0) is 39.9 Å². The number of nitrogens with zero attached hydrogens (tertiary/aromatic N) is 6. The molecule has 0 aromatic carbocycles. The molecule has 0 bridgehead atoms. The van der Waals surface area contributed by atoms with Crippen LogP contribution in [0, 0.1) is 13.8 Å². The smallest absolute Gasteiger partial charge is 0.252 e. The molecule has 8 nitrogen and oxygen atoms in total. The molecule has 0 spiro atoms. The molecule has 0 saturated heterocycles. The number of methoxy groups -OCH3 is 1. The van der Waals surface area contributed by atoms with Gasteiger partial charge in [-0.3, -0.25) is 4.79 Å². The van der Waals surface area contributed by atoms with Crippen molar-refractivity contribution in [1.82, 2.24) is 29.4 Å². The lowest BCUT2D eigenvalue weighted by atomic mass is 10.1. The average molecular weight is 348 g/mol. The lowest BCUT2D eigenvalue weighted by Gasteiger charge is -2.24. The molecule has 25 heavy (non-hydrogen) atoms. The fraction of sp³-hybridized carbons (Fsp3) is 0.647. The number of hydrogen-bond donors (Lipinski definition) is 0. The minimum atomic E-state index is 0.136. The van der Waals surface area contributed by atoms with Crippen molar-refractivity contribution in [3.63, 3.8) is 0 Å². The topological polar surface area (TPSA) is 75.9 Å². The third-order valence-corrected chi connectivity index (χ3v) is 4.31. The molecule has 1 amide bonds. The summed E-state index contributed by atoms with van der Waals surface area (Å²) in [6.07, 6.45) is 2.59. The zero-order valence-corrected chi connectivity index (χ0v) is 15.8. The molecule has 2 rings (SSSR count). The molecule has 0 unspecified atom stereocenters. The van der Waals surface area contributed by atoms with Gasteiger partial charge in [-0.2, -0.15) is 10.1 Å². The first-order chi connectivity index (χ1) is 11.9. The number of aryl methyl sites for hydroxylation is 2. The number of hydrogen-bond acceptors (Lipinski definition) is 6. The van der Waals surface area contributed by atoms with E-state index in [0.717, 1.165) is 23.5 Å². The van der Waals surface area contributed by atoms with E-state index in [4.69, 9.17) is 4.74 Å². The maximum Gasteiger partial charge on any atom is 0.252 e. The van der Waals surface area contributed by atoms with Crippen LogP contribution in [0.15, 0.2) is 6.33 Å². The standard InChI is InChI=1S/C17H28N6O2/c1-13-15(14(2)23-17(20-13)18-12-19-23)6-7-16(24)22(10-11-25-5)9-8-21(3)4/h12H,6-11H2,1-5H3. The van der Waals surface area contributed by atoms with Crippen LogP contribution in [-0.4, -0.2) is 82.7 Å². The summed E-state index contributed by atoms with van der Waals surface area (Å²) in [6, 6.07) is 0. The van der Waals surface area contributed by atoms with Crippen molar-refractivity contribution in [3.05, 3.63) is 23.3 Å². The largest absolute Gasteiger partial charge is 0.383 e. The number of carbonyl (C=O) groups excluding carboxylic acids is 1. The summed E-state index contributed by atoms with van der Waals surface area (Å²) in [5.41, 5.74) is 2.96. The monoisotopic (exact) mass is 348 g/mol. The summed E-state index contributed by atoms with van der Waals surface area (Å²) >= 11 is 0. The Morgan fingerprint density at radius 2 is 2.00 bits per heavy atom. The molecule has 0 aliphatic rings. The Bertz CT molecular complexity index is 712. The Balaban J connectivity index is 2.06. The maximum atomic E-state index is 12.7. The van der Waals surface area contributed by atoms with Crippen molar-refractivity contribution in [1.29, 1.82) is 0 Å². The Morgan fingerprint density at radius 1 is 1.24 bits per heavy atom. The first-order valence-electron chi connectivity index (χ1n) is 8.51. The summed E-state index contributed by atoms with van der Waals surface area (Å²) in [6.45, 7) is 6.64. The predicted molar refractivity (Wildman–Crippen MR) is 95.6 cm³/mol. The Labute approximate surface area is 148 Å². The number of aromatic nitrogens is 4. The van der Waals surface area contributed by atoms with Gasteiger partial charge < -0.3 is 14.5 Å². The molecule has 0 fully saturated rings. The van der Waals surface area contributed by atoms with Crippen molar-refractivity contribution in [2.45, 2.75) is 26.7 Å². The Hall–Kier alpha value is -2.06. The predicted octanol–water partition coefficient (Wildman–Crippen LogP) is 0.710. The minimum Gasteiger partial charge on any atom is -0.383 e. The van der Waals surface area contributed by atoms with Gasteiger partial charge >= 0.3 is 0 Å². The van der Waals surface area contributed by atoms with Crippen LogP contribution < -0.4 is 0 Å². The van der Waals surface area contributed by atoms with Gasteiger partial charge in [0, 0.05) is 44.6 Å². The number of ether oxygens (including phenoxy) is 1. The first-order valence-corrected chi connectivity index (χ1v) is 8.51. The van der Waals surface area contributed by atoms with Crippen LogP contribution in [0.4, 0.5) is 0 Å². The highest BCUT2D eigenvalue weighted by molar-refractivity contribution is 5.76. The van der Waals surface area contributed by atoms with Crippen molar-refractivity contribution in [2.24, 2.45) is 0 Å². The molecule has 8 heteroatoms. The van der Waals surface area contributed by atoms with E-state index in [-0.39, 0.29) is 5.91 Å². The van der Waals surface area contributed by atoms with Gasteiger partial charge in [-0.25, -0.2) is 9.50 Å². The van der Waals surface area contributed by atoms with E-state index in [2.05, 4.69) is 20.0 Å². The van der Waals surface area contributed by atoms with Crippen LogP contribution in [0.1, 0.15) is 23.4 Å². The van der Waals surface area contributed by atoms with Gasteiger partial charge in [0.15, 0.2) is 0 Å². The van der Waals surface area contributed by atoms with Gasteiger partial charge in [-0.15, -0.1) is 0 Å². The maximum absolute atomic E-state index is 12.7. The summed E-state index contributed by atoms with van der Waals surface area (Å²) in [4.78, 5) is 25.2. The molecule has 0 aliphatic heterocycles. The molecule has 0 N–H and O–H groups in total. The van der Waals surface area contributed by atoms with E-state index in [9.17, 15) is 4.79 Å². The summed E-state index contributed by atoms with van der Waals surface area (Å²) in [7, 11) is 5.66. The second kappa shape index (κ2) is 8.87. The summed E-state index contributed by atoms with van der Waals surface area (Å²) in [5, 5.41) is 4.20. The van der Waals surface area contributed by atoms with Crippen molar-refractivity contribution in [3.8, 4) is 0 Å². The Kier molecular flexibility index (Phi) is 6.83. The van der Waals surface area contributed by atoms with Crippen LogP contribution in [0.2, 0.25) is 0 Å². The van der Waals surface area contributed by atoms with E-state index in [1.165, 1.54) is 6.33 Å². The summed E-state index contributed by atoms with van der Waals surface area (Å²) < 4.78 is 6.86. The zero-order chi connectivity index (χ0) is 18.4. The average Bonchev–Trinajstić information content (AvgIpc) is 3.02. The quantitative estimate of drug-likeness (QED) is 0.664. The van der Waals surface area contributed by atoms with E-state index in [1.807, 2.05) is 32.8 Å². The molecule has 0 radical (unpaired) electrons. The fourth-order valence-corrected chi connectivity index (χ4v) is 2.79. The summed E-state index contributed by atoms with van der Waals surface area (Å²) in [5.74, 6) is 0.731. The number of rotatable bonds is 9. The van der Waals surface area contributed by atoms with Crippen LogP contribution in [0.3, 0.4) is 0 Å². The molecular weight excluding hydrogens is 320 g/mol. The fourth-order valence-electron chi connectivity index (χ4n) is 2.79. The molecule has 2 aromatic rings. The minimum absolute atomic E-state index is 0.136. The second-order valence-electron chi connectivity index (χ2n) is 6.41. The number of amides is 1. The van der Waals surface area contributed by atoms with E-state index >= 15 is 0 Å². The SMILES string of the molecule is COCCN(CCN(C)C)C(=O)CCc1c(C)nc2ncnn2c1C. The van der Waals surface area contributed by atoms with Crippen LogP contribution >= 0.6 is 0 Å². The van der Waals surface area contributed by atoms with E-state index < -0.39 is 0 Å². The van der Waals surface area contributed by atoms with E-state index in [1.54, 1.807) is 11.6 Å². The number of fused-ring (bicyclic) bond motifs is 1. The van der Waals surface area contributed by atoms with Gasteiger partial charge in [0.1, 0.15) is 6.33 Å². The van der Waals surface area contributed by atoms with Gasteiger partial charge in [0.05, 0.1) is 6.61 Å². The van der Waals surface area contributed by atoms with Crippen LogP contribution in [-0.2, 0) is 16.0 Å². The molecule has 0 atom stereocenters. The lowest BCUT2D eigenvalue weighted by molar-refractivity contribution is -0.132. The van der Waals surface area contributed by atoms with Gasteiger partial charge in [0.2, 0.25) is 5.91 Å². The second-order valence-corrected chi connectivity index (χ2v) is 6.41. The van der Waals surface area contributed by atoms with Crippen LogP contribution in [0.5, 0.6) is 0 Å². The Morgan fingerprint density at radius 3 is 2.68 bits per heavy atom. The molecule has 2 heterocycles. The van der Waals surface area contributed by atoms with E-state index in [0.29, 0.717) is 38.3 Å². The van der Waals surface area contributed by atoms with Crippen molar-refractivity contribution in [2.75, 3.05) is 47.4 Å².